The lowest BCUT2D eigenvalue weighted by Crippen LogP contribution is -2.64. The summed E-state index contributed by atoms with van der Waals surface area (Å²) in [6.07, 6.45) is -5.05. The summed E-state index contributed by atoms with van der Waals surface area (Å²) >= 11 is 0.926. The highest BCUT2D eigenvalue weighted by atomic mass is 32.2. The molecule has 4 rings (SSSR count). The summed E-state index contributed by atoms with van der Waals surface area (Å²) < 4.78 is 54.3. The van der Waals surface area contributed by atoms with Gasteiger partial charge in [0.05, 0.1) is 19.4 Å². The van der Waals surface area contributed by atoms with Crippen molar-refractivity contribution in [2.45, 2.75) is 23.5 Å². The van der Waals surface area contributed by atoms with E-state index in [1.54, 1.807) is 24.3 Å². The molecule has 2 aromatic rings. The van der Waals surface area contributed by atoms with E-state index in [4.69, 9.17) is 9.47 Å². The van der Waals surface area contributed by atoms with E-state index >= 15 is 0 Å². The van der Waals surface area contributed by atoms with Crippen LogP contribution in [0, 0.1) is 0 Å². The van der Waals surface area contributed by atoms with Gasteiger partial charge in [-0.15, -0.1) is 0 Å². The SMILES string of the molecule is CCOC(=O)C1=C2Sc3ccccc3N2C(=O)N[C@]1(c1ccc(OC)cc1)C(F)(F)F. The average molecular weight is 450 g/mol. The Balaban J connectivity index is 2.03. The Morgan fingerprint density at radius 2 is 1.84 bits per heavy atom. The number of fused-ring (bicyclic) bond motifs is 3. The van der Waals surface area contributed by atoms with Gasteiger partial charge in [0.2, 0.25) is 0 Å². The highest BCUT2D eigenvalue weighted by molar-refractivity contribution is 8.03. The molecule has 2 amide bonds. The molecular weight excluding hydrogens is 433 g/mol. The van der Waals surface area contributed by atoms with E-state index < -0.39 is 29.3 Å². The van der Waals surface area contributed by atoms with Crippen LogP contribution in [-0.4, -0.2) is 31.9 Å². The molecule has 6 nitrogen and oxygen atoms in total. The number of hydrogen-bond donors (Lipinski definition) is 1. The molecule has 1 N–H and O–H groups in total. The van der Waals surface area contributed by atoms with E-state index in [0.717, 1.165) is 16.7 Å². The number of nitrogens with one attached hydrogen (secondary N) is 1. The third-order valence-corrected chi connectivity index (χ3v) is 6.18. The van der Waals surface area contributed by atoms with Gasteiger partial charge in [-0.25, -0.2) is 9.59 Å². The minimum absolute atomic E-state index is 0.127. The maximum atomic E-state index is 14.8. The molecule has 2 aliphatic heterocycles. The number of halogens is 3. The van der Waals surface area contributed by atoms with E-state index in [9.17, 15) is 22.8 Å². The molecule has 0 radical (unpaired) electrons. The van der Waals surface area contributed by atoms with Crippen LogP contribution >= 0.6 is 11.8 Å². The number of anilines is 1. The zero-order valence-corrected chi connectivity index (χ0v) is 17.3. The van der Waals surface area contributed by atoms with Crippen molar-refractivity contribution in [3.63, 3.8) is 0 Å². The van der Waals surface area contributed by atoms with Gasteiger partial charge in [-0.05, 0) is 36.8 Å². The number of methoxy groups -OCH3 is 1. The van der Waals surface area contributed by atoms with Crippen LogP contribution in [0.15, 0.2) is 64.0 Å². The number of thioether (sulfide) groups is 1. The van der Waals surface area contributed by atoms with Gasteiger partial charge in [0.15, 0.2) is 5.54 Å². The summed E-state index contributed by atoms with van der Waals surface area (Å²) in [4.78, 5) is 27.6. The second kappa shape index (κ2) is 7.52. The van der Waals surface area contributed by atoms with Gasteiger partial charge in [0.25, 0.3) is 0 Å². The normalized spacial score (nSPS) is 20.2. The summed E-state index contributed by atoms with van der Waals surface area (Å²) in [5.41, 5.74) is -3.72. The van der Waals surface area contributed by atoms with Crippen LogP contribution in [0.1, 0.15) is 12.5 Å². The number of urea groups is 1. The van der Waals surface area contributed by atoms with E-state index in [-0.39, 0.29) is 17.2 Å². The van der Waals surface area contributed by atoms with Crippen LogP contribution in [0.5, 0.6) is 5.75 Å². The molecule has 0 bridgehead atoms. The van der Waals surface area contributed by atoms with E-state index in [1.807, 2.05) is 0 Å². The van der Waals surface area contributed by atoms with Crippen LogP contribution in [0.2, 0.25) is 0 Å². The number of ether oxygens (including phenoxy) is 2. The number of esters is 1. The standard InChI is InChI=1S/C21H17F3N2O4S/c1-3-30-18(27)16-17-26(14-6-4-5-7-15(14)31-17)19(28)25-20(16,21(22,23)24)12-8-10-13(29-2)11-9-12/h4-11H,3H2,1-2H3,(H,25,28)/t20-/m0/s1. The number of benzene rings is 2. The lowest BCUT2D eigenvalue weighted by atomic mass is 9.80. The lowest BCUT2D eigenvalue weighted by Gasteiger charge is -2.43. The van der Waals surface area contributed by atoms with E-state index in [2.05, 4.69) is 5.32 Å². The monoisotopic (exact) mass is 450 g/mol. The molecule has 0 spiro atoms. The first-order valence-corrected chi connectivity index (χ1v) is 10.1. The number of hydrogen-bond acceptors (Lipinski definition) is 5. The van der Waals surface area contributed by atoms with Gasteiger partial charge in [0.1, 0.15) is 16.4 Å². The molecule has 0 unspecified atom stereocenters. The second-order valence-electron chi connectivity index (χ2n) is 6.71. The van der Waals surface area contributed by atoms with Crippen molar-refractivity contribution in [3.05, 3.63) is 64.7 Å². The fraction of sp³-hybridized carbons (Fsp3) is 0.238. The third kappa shape index (κ3) is 3.13. The molecule has 0 fully saturated rings. The van der Waals surface area contributed by atoms with Crippen molar-refractivity contribution >= 4 is 29.4 Å². The van der Waals surface area contributed by atoms with Crippen LogP contribution in [0.3, 0.4) is 0 Å². The van der Waals surface area contributed by atoms with E-state index in [1.165, 1.54) is 38.3 Å². The molecule has 0 saturated heterocycles. The Morgan fingerprint density at radius 3 is 2.45 bits per heavy atom. The first kappa shape index (κ1) is 21.1. The van der Waals surface area contributed by atoms with Crippen molar-refractivity contribution in [2.75, 3.05) is 18.6 Å². The Bertz CT molecular complexity index is 1080. The van der Waals surface area contributed by atoms with Crippen molar-refractivity contribution in [2.24, 2.45) is 0 Å². The van der Waals surface area contributed by atoms with Crippen molar-refractivity contribution in [1.29, 1.82) is 0 Å². The van der Waals surface area contributed by atoms with Crippen molar-refractivity contribution in [1.82, 2.24) is 5.32 Å². The number of rotatable bonds is 4. The number of para-hydroxylation sites is 1. The molecule has 1 atom stereocenters. The minimum atomic E-state index is -5.05. The van der Waals surface area contributed by atoms with Crippen LogP contribution in [0.4, 0.5) is 23.7 Å². The largest absolute Gasteiger partial charge is 0.497 e. The Hall–Kier alpha value is -3.14. The summed E-state index contributed by atoms with van der Waals surface area (Å²) in [5, 5.41) is 1.95. The molecule has 0 aromatic heterocycles. The van der Waals surface area contributed by atoms with Gasteiger partial charge in [-0.3, -0.25) is 4.90 Å². The summed E-state index contributed by atoms with van der Waals surface area (Å²) in [5.74, 6) is -0.825. The van der Waals surface area contributed by atoms with E-state index in [0.29, 0.717) is 16.3 Å². The predicted molar refractivity (Wildman–Crippen MR) is 108 cm³/mol. The Labute approximate surface area is 180 Å². The first-order chi connectivity index (χ1) is 14.7. The number of amides is 2. The quantitative estimate of drug-likeness (QED) is 0.692. The fourth-order valence-electron chi connectivity index (χ4n) is 3.67. The number of alkyl halides is 3. The molecule has 2 aliphatic rings. The van der Waals surface area contributed by atoms with Crippen molar-refractivity contribution in [3.8, 4) is 5.75 Å². The Kier molecular flexibility index (Phi) is 5.12. The molecule has 31 heavy (non-hydrogen) atoms. The number of nitrogens with zero attached hydrogens (tertiary/aromatic N) is 1. The topological polar surface area (TPSA) is 67.9 Å². The zero-order chi connectivity index (χ0) is 22.4. The second-order valence-corrected chi connectivity index (χ2v) is 7.74. The summed E-state index contributed by atoms with van der Waals surface area (Å²) in [7, 11) is 1.38. The lowest BCUT2D eigenvalue weighted by molar-refractivity contribution is -0.190. The maximum Gasteiger partial charge on any atom is 0.420 e. The molecule has 0 saturated carbocycles. The van der Waals surface area contributed by atoms with Crippen LogP contribution in [0.25, 0.3) is 0 Å². The molecule has 10 heteroatoms. The molecule has 0 aliphatic carbocycles. The van der Waals surface area contributed by atoms with Crippen LogP contribution < -0.4 is 15.0 Å². The maximum absolute atomic E-state index is 14.8. The highest BCUT2D eigenvalue weighted by Crippen LogP contribution is 2.56. The van der Waals surface area contributed by atoms with Gasteiger partial charge in [-0.2, -0.15) is 13.2 Å². The average Bonchev–Trinajstić information content (AvgIpc) is 3.12. The third-order valence-electron chi connectivity index (χ3n) is 5.03. The number of carbonyl (C=O) groups is 2. The van der Waals surface area contributed by atoms with Crippen molar-refractivity contribution < 1.29 is 32.2 Å². The predicted octanol–water partition coefficient (Wildman–Crippen LogP) is 4.56. The first-order valence-electron chi connectivity index (χ1n) is 9.27. The molecule has 2 aromatic carbocycles. The summed E-state index contributed by atoms with van der Waals surface area (Å²) in [6, 6.07) is 10.7. The zero-order valence-electron chi connectivity index (χ0n) is 16.4. The van der Waals surface area contributed by atoms with Crippen LogP contribution in [-0.2, 0) is 15.1 Å². The highest BCUT2D eigenvalue weighted by Gasteiger charge is 2.66. The minimum Gasteiger partial charge on any atom is -0.497 e. The molecule has 2 heterocycles. The van der Waals surface area contributed by atoms with Gasteiger partial charge in [-0.1, -0.05) is 36.0 Å². The van der Waals surface area contributed by atoms with Gasteiger partial charge >= 0.3 is 18.2 Å². The Morgan fingerprint density at radius 1 is 1.16 bits per heavy atom. The number of carbonyl (C=O) groups excluding carboxylic acids is 2. The molecule has 162 valence electrons. The van der Waals surface area contributed by atoms with Gasteiger partial charge in [0, 0.05) is 4.90 Å². The summed E-state index contributed by atoms with van der Waals surface area (Å²) in [6.45, 7) is 1.37. The molecular formula is C21H17F3N2O4S. The fourth-order valence-corrected chi connectivity index (χ4v) is 4.90. The van der Waals surface area contributed by atoms with Gasteiger partial charge < -0.3 is 14.8 Å². The smallest absolute Gasteiger partial charge is 0.420 e.